The normalized spacial score (nSPS) is 12.4. The second kappa shape index (κ2) is 6.57. The van der Waals surface area contributed by atoms with Crippen LogP contribution in [-0.4, -0.2) is 17.1 Å². The molecule has 0 bridgehead atoms. The number of nitrogens with two attached hydrogens (primary N) is 1. The minimum absolute atomic E-state index is 0.115. The van der Waals surface area contributed by atoms with Gasteiger partial charge >= 0.3 is 5.97 Å². The maximum absolute atomic E-state index is 12.9. The van der Waals surface area contributed by atoms with E-state index in [2.05, 4.69) is 0 Å². The van der Waals surface area contributed by atoms with Gasteiger partial charge in [0.05, 0.1) is 5.02 Å². The first kappa shape index (κ1) is 13.9. The number of benzene rings is 1. The van der Waals surface area contributed by atoms with Crippen molar-refractivity contribution in [1.29, 1.82) is 0 Å². The molecule has 0 saturated carbocycles. The van der Waals surface area contributed by atoms with Gasteiger partial charge in [-0.05, 0) is 37.0 Å². The number of unbranched alkanes of at least 4 members (excludes halogenated alkanes) is 1. The summed E-state index contributed by atoms with van der Waals surface area (Å²) in [6, 6.07) is 3.80. The highest BCUT2D eigenvalue weighted by molar-refractivity contribution is 6.30. The van der Waals surface area contributed by atoms with Crippen LogP contribution in [0, 0.1) is 5.82 Å². The molecule has 0 radical (unpaired) electrons. The Balaban J connectivity index is 2.31. The van der Waals surface area contributed by atoms with E-state index in [9.17, 15) is 9.18 Å². The number of carboxylic acid groups (broad SMARTS) is 1. The summed E-state index contributed by atoms with van der Waals surface area (Å²) in [7, 11) is 0. The number of carbonyl (C=O) groups is 1. The van der Waals surface area contributed by atoms with Crippen molar-refractivity contribution < 1.29 is 14.3 Å². The Morgan fingerprint density at radius 1 is 1.47 bits per heavy atom. The SMILES string of the molecule is NC(CCCCc1ccc(F)c(Cl)c1)C(=O)O. The average Bonchev–Trinajstić information content (AvgIpc) is 2.28. The van der Waals surface area contributed by atoms with Gasteiger partial charge in [0.1, 0.15) is 11.9 Å². The van der Waals surface area contributed by atoms with Gasteiger partial charge in [-0.15, -0.1) is 0 Å². The molecule has 0 amide bonds. The molecular weight excluding hydrogens is 245 g/mol. The summed E-state index contributed by atoms with van der Waals surface area (Å²) < 4.78 is 12.9. The van der Waals surface area contributed by atoms with Gasteiger partial charge in [0.2, 0.25) is 0 Å². The lowest BCUT2D eigenvalue weighted by molar-refractivity contribution is -0.138. The largest absolute Gasteiger partial charge is 0.480 e. The first-order valence-corrected chi connectivity index (χ1v) is 5.81. The van der Waals surface area contributed by atoms with Gasteiger partial charge in [-0.2, -0.15) is 0 Å². The zero-order chi connectivity index (χ0) is 12.8. The number of aliphatic carboxylic acids is 1. The quantitative estimate of drug-likeness (QED) is 0.772. The molecule has 1 aromatic rings. The van der Waals surface area contributed by atoms with Crippen molar-refractivity contribution in [1.82, 2.24) is 0 Å². The first-order valence-electron chi connectivity index (χ1n) is 5.43. The number of hydrogen-bond acceptors (Lipinski definition) is 2. The summed E-state index contributed by atoms with van der Waals surface area (Å²) >= 11 is 5.65. The van der Waals surface area contributed by atoms with Crippen molar-refractivity contribution in [3.63, 3.8) is 0 Å². The van der Waals surface area contributed by atoms with Crippen molar-refractivity contribution in [3.8, 4) is 0 Å². The third-order valence-electron chi connectivity index (χ3n) is 2.53. The molecule has 3 N–H and O–H groups in total. The number of halogens is 2. The molecule has 0 heterocycles. The van der Waals surface area contributed by atoms with E-state index < -0.39 is 17.8 Å². The molecule has 0 aliphatic heterocycles. The van der Waals surface area contributed by atoms with Crippen molar-refractivity contribution in [3.05, 3.63) is 34.6 Å². The highest BCUT2D eigenvalue weighted by Crippen LogP contribution is 2.17. The van der Waals surface area contributed by atoms with Crippen LogP contribution in [0.15, 0.2) is 18.2 Å². The van der Waals surface area contributed by atoms with E-state index in [1.54, 1.807) is 12.1 Å². The second-order valence-electron chi connectivity index (χ2n) is 3.94. The fraction of sp³-hybridized carbons (Fsp3) is 0.417. The van der Waals surface area contributed by atoms with Crippen molar-refractivity contribution in [2.75, 3.05) is 0 Å². The zero-order valence-corrected chi connectivity index (χ0v) is 10.1. The van der Waals surface area contributed by atoms with Crippen molar-refractivity contribution in [2.45, 2.75) is 31.7 Å². The molecule has 0 spiro atoms. The maximum atomic E-state index is 12.9. The van der Waals surface area contributed by atoms with E-state index in [1.165, 1.54) is 6.07 Å². The topological polar surface area (TPSA) is 63.3 Å². The smallest absolute Gasteiger partial charge is 0.320 e. The Labute approximate surface area is 104 Å². The third kappa shape index (κ3) is 4.71. The van der Waals surface area contributed by atoms with E-state index in [4.69, 9.17) is 22.4 Å². The van der Waals surface area contributed by atoms with Gasteiger partial charge in [0.15, 0.2) is 0 Å². The van der Waals surface area contributed by atoms with Gasteiger partial charge in [-0.3, -0.25) is 4.79 Å². The number of rotatable bonds is 6. The van der Waals surface area contributed by atoms with Gasteiger partial charge in [0.25, 0.3) is 0 Å². The summed E-state index contributed by atoms with van der Waals surface area (Å²) in [6.07, 6.45) is 2.72. The molecule has 0 aliphatic carbocycles. The fourth-order valence-electron chi connectivity index (χ4n) is 1.51. The molecule has 17 heavy (non-hydrogen) atoms. The molecule has 1 aromatic carbocycles. The van der Waals surface area contributed by atoms with Crippen LogP contribution in [-0.2, 0) is 11.2 Å². The molecule has 3 nitrogen and oxygen atoms in total. The molecular formula is C12H15ClFNO2. The number of carboxylic acids is 1. The highest BCUT2D eigenvalue weighted by Gasteiger charge is 2.10. The van der Waals surface area contributed by atoms with Gasteiger partial charge in [-0.1, -0.05) is 24.1 Å². The van der Waals surface area contributed by atoms with E-state index >= 15 is 0 Å². The monoisotopic (exact) mass is 259 g/mol. The average molecular weight is 260 g/mol. The summed E-state index contributed by atoms with van der Waals surface area (Å²) in [4.78, 5) is 10.5. The molecule has 5 heteroatoms. The lowest BCUT2D eigenvalue weighted by Crippen LogP contribution is -2.29. The molecule has 0 aromatic heterocycles. The van der Waals surface area contributed by atoms with Crippen LogP contribution in [0.4, 0.5) is 4.39 Å². The van der Waals surface area contributed by atoms with Crippen molar-refractivity contribution in [2.24, 2.45) is 5.73 Å². The molecule has 0 saturated heterocycles. The predicted octanol–water partition coefficient (Wildman–Crippen LogP) is 2.60. The molecule has 1 rings (SSSR count). The highest BCUT2D eigenvalue weighted by atomic mass is 35.5. The Morgan fingerprint density at radius 3 is 2.76 bits per heavy atom. The lowest BCUT2D eigenvalue weighted by Gasteiger charge is -2.06. The standard InChI is InChI=1S/C12H15ClFNO2/c13-9-7-8(5-6-10(9)14)3-1-2-4-11(15)12(16)17/h5-7,11H,1-4,15H2,(H,16,17). The van der Waals surface area contributed by atoms with E-state index in [-0.39, 0.29) is 5.02 Å². The fourth-order valence-corrected chi connectivity index (χ4v) is 1.72. The van der Waals surface area contributed by atoms with Crippen LogP contribution < -0.4 is 5.73 Å². The minimum atomic E-state index is -0.977. The van der Waals surface area contributed by atoms with Crippen LogP contribution in [0.5, 0.6) is 0 Å². The van der Waals surface area contributed by atoms with Gasteiger partial charge in [-0.25, -0.2) is 4.39 Å². The van der Waals surface area contributed by atoms with Crippen LogP contribution in [0.3, 0.4) is 0 Å². The Kier molecular flexibility index (Phi) is 5.38. The predicted molar refractivity (Wildman–Crippen MR) is 64.6 cm³/mol. The lowest BCUT2D eigenvalue weighted by atomic mass is 10.0. The summed E-state index contributed by atoms with van der Waals surface area (Å²) in [5, 5.41) is 8.70. The minimum Gasteiger partial charge on any atom is -0.480 e. The molecule has 94 valence electrons. The van der Waals surface area contributed by atoms with Crippen LogP contribution in [0.25, 0.3) is 0 Å². The zero-order valence-electron chi connectivity index (χ0n) is 9.33. The summed E-state index contributed by atoms with van der Waals surface area (Å²) in [5.41, 5.74) is 6.31. The van der Waals surface area contributed by atoms with E-state index in [1.807, 2.05) is 0 Å². The third-order valence-corrected chi connectivity index (χ3v) is 2.82. The van der Waals surface area contributed by atoms with Crippen molar-refractivity contribution >= 4 is 17.6 Å². The number of hydrogen-bond donors (Lipinski definition) is 2. The summed E-state index contributed by atoms with van der Waals surface area (Å²) in [5.74, 6) is -1.40. The van der Waals surface area contributed by atoms with Crippen LogP contribution in [0.1, 0.15) is 24.8 Å². The first-order chi connectivity index (χ1) is 8.00. The molecule has 0 aliphatic rings. The number of aryl methyl sites for hydroxylation is 1. The van der Waals surface area contributed by atoms with Gasteiger partial charge < -0.3 is 10.8 Å². The Bertz CT molecular complexity index is 398. The molecule has 1 unspecified atom stereocenters. The van der Waals surface area contributed by atoms with Crippen LogP contribution >= 0.6 is 11.6 Å². The van der Waals surface area contributed by atoms with Crippen LogP contribution in [0.2, 0.25) is 5.02 Å². The molecule has 0 fully saturated rings. The maximum Gasteiger partial charge on any atom is 0.320 e. The van der Waals surface area contributed by atoms with Gasteiger partial charge in [0, 0.05) is 0 Å². The summed E-state index contributed by atoms with van der Waals surface area (Å²) in [6.45, 7) is 0. The Morgan fingerprint density at radius 2 is 2.18 bits per heavy atom. The Hall–Kier alpha value is -1.13. The van der Waals surface area contributed by atoms with E-state index in [0.29, 0.717) is 6.42 Å². The van der Waals surface area contributed by atoms with E-state index in [0.717, 1.165) is 24.8 Å². The molecule has 1 atom stereocenters. The second-order valence-corrected chi connectivity index (χ2v) is 4.35.